The minimum absolute atomic E-state index is 0.0190. The lowest BCUT2D eigenvalue weighted by molar-refractivity contribution is 0.628. The number of nitrogens with zero attached hydrogens (tertiary/aromatic N) is 2. The van der Waals surface area contributed by atoms with Gasteiger partial charge >= 0.3 is 0 Å². The SMILES string of the molecule is CSc1nc2c(F)cnc(Cl)c2c(=O)[nH]1. The van der Waals surface area contributed by atoms with Crippen LogP contribution in [-0.2, 0) is 0 Å². The van der Waals surface area contributed by atoms with Crippen molar-refractivity contribution >= 4 is 34.3 Å². The molecular formula is C8H5ClFN3OS. The lowest BCUT2D eigenvalue weighted by Crippen LogP contribution is -2.11. The van der Waals surface area contributed by atoms with Crippen molar-refractivity contribution in [1.29, 1.82) is 0 Å². The molecule has 0 unspecified atom stereocenters. The summed E-state index contributed by atoms with van der Waals surface area (Å²) in [6.07, 6.45) is 2.67. The molecule has 4 nitrogen and oxygen atoms in total. The maximum atomic E-state index is 13.3. The molecule has 2 rings (SSSR count). The van der Waals surface area contributed by atoms with Crippen LogP contribution in [0.5, 0.6) is 0 Å². The van der Waals surface area contributed by atoms with E-state index in [1.807, 2.05) is 0 Å². The van der Waals surface area contributed by atoms with Crippen molar-refractivity contribution in [2.45, 2.75) is 5.16 Å². The second-order valence-corrected chi connectivity index (χ2v) is 3.85. The molecule has 0 aliphatic rings. The van der Waals surface area contributed by atoms with Gasteiger partial charge in [0.15, 0.2) is 11.0 Å². The molecule has 0 saturated carbocycles. The zero-order valence-electron chi connectivity index (χ0n) is 7.54. The normalized spacial score (nSPS) is 10.9. The first-order chi connectivity index (χ1) is 7.13. The Labute approximate surface area is 92.9 Å². The Morgan fingerprint density at radius 2 is 2.33 bits per heavy atom. The van der Waals surface area contributed by atoms with Gasteiger partial charge in [0.05, 0.1) is 6.20 Å². The molecule has 0 saturated heterocycles. The van der Waals surface area contributed by atoms with Gasteiger partial charge in [-0.2, -0.15) is 0 Å². The van der Waals surface area contributed by atoms with Gasteiger partial charge in [-0.15, -0.1) is 0 Å². The van der Waals surface area contributed by atoms with Gasteiger partial charge in [-0.1, -0.05) is 23.4 Å². The number of pyridine rings is 1. The molecule has 7 heteroatoms. The van der Waals surface area contributed by atoms with Gasteiger partial charge in [-0.3, -0.25) is 4.79 Å². The van der Waals surface area contributed by atoms with E-state index in [0.29, 0.717) is 5.16 Å². The van der Waals surface area contributed by atoms with Crippen molar-refractivity contribution < 1.29 is 4.39 Å². The predicted molar refractivity (Wildman–Crippen MR) is 56.9 cm³/mol. The van der Waals surface area contributed by atoms with Crippen molar-refractivity contribution in [2.24, 2.45) is 0 Å². The van der Waals surface area contributed by atoms with E-state index in [2.05, 4.69) is 15.0 Å². The zero-order valence-corrected chi connectivity index (χ0v) is 9.12. The largest absolute Gasteiger partial charge is 0.301 e. The fourth-order valence-electron chi connectivity index (χ4n) is 1.15. The number of rotatable bonds is 1. The number of halogens is 2. The zero-order chi connectivity index (χ0) is 11.0. The van der Waals surface area contributed by atoms with Crippen molar-refractivity contribution in [1.82, 2.24) is 15.0 Å². The maximum Gasteiger partial charge on any atom is 0.262 e. The molecule has 0 aliphatic carbocycles. The van der Waals surface area contributed by atoms with Gasteiger partial charge in [0.25, 0.3) is 5.56 Å². The monoisotopic (exact) mass is 245 g/mol. The van der Waals surface area contributed by atoms with E-state index >= 15 is 0 Å². The number of fused-ring (bicyclic) bond motifs is 1. The van der Waals surface area contributed by atoms with E-state index in [-0.39, 0.29) is 16.1 Å². The van der Waals surface area contributed by atoms with E-state index in [0.717, 1.165) is 6.20 Å². The van der Waals surface area contributed by atoms with E-state index in [9.17, 15) is 9.18 Å². The van der Waals surface area contributed by atoms with E-state index in [1.54, 1.807) is 6.26 Å². The summed E-state index contributed by atoms with van der Waals surface area (Å²) in [5, 5.41) is 0.274. The van der Waals surface area contributed by atoms with E-state index in [4.69, 9.17) is 11.6 Å². The summed E-state index contributed by atoms with van der Waals surface area (Å²) < 4.78 is 13.3. The molecule has 2 aromatic heterocycles. The molecule has 0 bridgehead atoms. The second-order valence-electron chi connectivity index (χ2n) is 2.70. The summed E-state index contributed by atoms with van der Waals surface area (Å²) in [4.78, 5) is 21.5. The molecule has 2 heterocycles. The Morgan fingerprint density at radius 3 is 3.00 bits per heavy atom. The first-order valence-electron chi connectivity index (χ1n) is 3.91. The van der Waals surface area contributed by atoms with E-state index in [1.165, 1.54) is 11.8 Å². The number of hydrogen-bond donors (Lipinski definition) is 1. The summed E-state index contributed by atoms with van der Waals surface area (Å²) in [5.74, 6) is -0.657. The molecule has 0 radical (unpaired) electrons. The molecule has 78 valence electrons. The first-order valence-corrected chi connectivity index (χ1v) is 5.51. The highest BCUT2D eigenvalue weighted by Gasteiger charge is 2.12. The van der Waals surface area contributed by atoms with Crippen molar-refractivity contribution in [3.05, 3.63) is 27.5 Å². The van der Waals surface area contributed by atoms with Crippen molar-refractivity contribution in [2.75, 3.05) is 6.26 Å². The minimum atomic E-state index is -0.657. The minimum Gasteiger partial charge on any atom is -0.301 e. The van der Waals surface area contributed by atoms with Crippen LogP contribution in [-0.4, -0.2) is 21.2 Å². The van der Waals surface area contributed by atoms with Crippen LogP contribution in [0.25, 0.3) is 10.9 Å². The molecular weight excluding hydrogens is 241 g/mol. The Bertz CT molecular complexity index is 586. The Hall–Kier alpha value is -1.14. The Morgan fingerprint density at radius 1 is 1.60 bits per heavy atom. The highest BCUT2D eigenvalue weighted by atomic mass is 35.5. The highest BCUT2D eigenvalue weighted by Crippen LogP contribution is 2.19. The van der Waals surface area contributed by atoms with Gasteiger partial charge < -0.3 is 4.98 Å². The molecule has 2 aromatic rings. The number of thioether (sulfide) groups is 1. The topological polar surface area (TPSA) is 58.6 Å². The van der Waals surface area contributed by atoms with Crippen molar-refractivity contribution in [3.8, 4) is 0 Å². The van der Waals surface area contributed by atoms with Gasteiger partial charge in [0, 0.05) is 0 Å². The van der Waals surface area contributed by atoms with Gasteiger partial charge in [0.2, 0.25) is 0 Å². The Balaban J connectivity index is 2.97. The summed E-state index contributed by atoms with van der Waals surface area (Å²) >= 11 is 6.90. The van der Waals surface area contributed by atoms with Crippen LogP contribution in [0, 0.1) is 5.82 Å². The van der Waals surface area contributed by atoms with Crippen LogP contribution in [0.15, 0.2) is 16.1 Å². The van der Waals surface area contributed by atoms with Crippen LogP contribution in [0.3, 0.4) is 0 Å². The lowest BCUT2D eigenvalue weighted by Gasteiger charge is -2.01. The lowest BCUT2D eigenvalue weighted by atomic mass is 10.3. The van der Waals surface area contributed by atoms with Crippen molar-refractivity contribution in [3.63, 3.8) is 0 Å². The molecule has 0 fully saturated rings. The second kappa shape index (κ2) is 3.79. The maximum absolute atomic E-state index is 13.3. The molecule has 0 spiro atoms. The molecule has 1 N–H and O–H groups in total. The van der Waals surface area contributed by atoms with Crippen LogP contribution in [0.1, 0.15) is 0 Å². The van der Waals surface area contributed by atoms with Gasteiger partial charge in [-0.25, -0.2) is 14.4 Å². The standard InChI is InChI=1S/C8H5ClFN3OS/c1-15-8-12-5-3(10)2-11-6(9)4(5)7(14)13-8/h2H,1H3,(H,12,13,14). The highest BCUT2D eigenvalue weighted by molar-refractivity contribution is 7.98. The van der Waals surface area contributed by atoms with E-state index < -0.39 is 11.4 Å². The molecule has 0 aromatic carbocycles. The summed E-state index contributed by atoms with van der Waals surface area (Å²) in [6.45, 7) is 0. The predicted octanol–water partition coefficient (Wildman–Crippen LogP) is 1.83. The third-order valence-corrected chi connectivity index (χ3v) is 2.68. The number of nitrogens with one attached hydrogen (secondary N) is 1. The van der Waals surface area contributed by atoms with Crippen LogP contribution >= 0.6 is 23.4 Å². The molecule has 0 amide bonds. The Kier molecular flexibility index (Phi) is 2.62. The fraction of sp³-hybridized carbons (Fsp3) is 0.125. The quantitative estimate of drug-likeness (QED) is 0.473. The number of aromatic amines is 1. The smallest absolute Gasteiger partial charge is 0.262 e. The molecule has 0 aliphatic heterocycles. The average molecular weight is 246 g/mol. The first kappa shape index (κ1) is 10.4. The fourth-order valence-corrected chi connectivity index (χ4v) is 1.75. The van der Waals surface area contributed by atoms with Gasteiger partial charge in [0.1, 0.15) is 16.1 Å². The average Bonchev–Trinajstić information content (AvgIpc) is 2.23. The summed E-state index contributed by atoms with van der Waals surface area (Å²) in [6, 6.07) is 0. The van der Waals surface area contributed by atoms with Gasteiger partial charge in [-0.05, 0) is 6.26 Å². The number of aromatic nitrogens is 3. The number of H-pyrrole nitrogens is 1. The summed E-state index contributed by atoms with van der Waals surface area (Å²) in [7, 11) is 0. The third kappa shape index (κ3) is 1.70. The van der Waals surface area contributed by atoms with Crippen LogP contribution < -0.4 is 5.56 Å². The van der Waals surface area contributed by atoms with Crippen LogP contribution in [0.4, 0.5) is 4.39 Å². The third-order valence-electron chi connectivity index (χ3n) is 1.81. The molecule has 0 atom stereocenters. The molecule has 15 heavy (non-hydrogen) atoms. The van der Waals surface area contributed by atoms with Crippen LogP contribution in [0.2, 0.25) is 5.15 Å². The summed E-state index contributed by atoms with van der Waals surface area (Å²) in [5.41, 5.74) is -0.538. The number of hydrogen-bond acceptors (Lipinski definition) is 4.